The van der Waals surface area contributed by atoms with Gasteiger partial charge < -0.3 is 9.84 Å². The second-order valence-corrected chi connectivity index (χ2v) is 7.56. The van der Waals surface area contributed by atoms with Crippen molar-refractivity contribution in [2.45, 2.75) is 26.2 Å². The van der Waals surface area contributed by atoms with Gasteiger partial charge in [0.15, 0.2) is 6.61 Å². The highest BCUT2D eigenvalue weighted by Gasteiger charge is 2.07. The Morgan fingerprint density at radius 3 is 2.65 bits per heavy atom. The summed E-state index contributed by atoms with van der Waals surface area (Å²) >= 11 is 6.56. The normalized spacial score (nSPS) is 12.2. The zero-order chi connectivity index (χ0) is 19.1. The Morgan fingerprint density at radius 1 is 1.31 bits per heavy atom. The van der Waals surface area contributed by atoms with E-state index >= 15 is 0 Å². The van der Waals surface area contributed by atoms with Crippen molar-refractivity contribution in [3.63, 3.8) is 0 Å². The van der Waals surface area contributed by atoms with Crippen molar-refractivity contribution in [3.8, 4) is 11.5 Å². The lowest BCUT2D eigenvalue weighted by Gasteiger charge is -2.10. The van der Waals surface area contributed by atoms with Crippen molar-refractivity contribution in [3.05, 3.63) is 56.5 Å². The van der Waals surface area contributed by atoms with Crippen LogP contribution < -0.4 is 10.2 Å². The van der Waals surface area contributed by atoms with Gasteiger partial charge in [-0.3, -0.25) is 4.79 Å². The Balaban J connectivity index is 1.86. The second kappa shape index (κ2) is 9.73. The number of nitrogens with one attached hydrogen (secondary N) is 1. The number of hydrazone groups is 1. The number of rotatable bonds is 7. The third-order valence-corrected chi connectivity index (χ3v) is 4.94. The zero-order valence-electron chi connectivity index (χ0n) is 14.5. The SMILES string of the molecule is CC[C@@H](C)c1ccc(OCC(=O)N/N=C/c2cc(Br)cc(Br)c2O)cc1. The van der Waals surface area contributed by atoms with Gasteiger partial charge in [-0.1, -0.05) is 41.9 Å². The summed E-state index contributed by atoms with van der Waals surface area (Å²) in [5.74, 6) is 0.783. The summed E-state index contributed by atoms with van der Waals surface area (Å²) in [6, 6.07) is 11.1. The fraction of sp³-hybridized carbons (Fsp3) is 0.263. The number of hydrogen-bond acceptors (Lipinski definition) is 4. The number of halogens is 2. The minimum absolute atomic E-state index is 0.0452. The van der Waals surface area contributed by atoms with Crippen LogP contribution in [0.5, 0.6) is 11.5 Å². The lowest BCUT2D eigenvalue weighted by molar-refractivity contribution is -0.123. The van der Waals surface area contributed by atoms with Crippen molar-refractivity contribution >= 4 is 44.0 Å². The predicted octanol–water partition coefficient (Wildman–Crippen LogP) is 4.96. The van der Waals surface area contributed by atoms with Gasteiger partial charge in [0.2, 0.25) is 0 Å². The van der Waals surface area contributed by atoms with Crippen LogP contribution in [0.4, 0.5) is 0 Å². The first-order chi connectivity index (χ1) is 12.4. The Morgan fingerprint density at radius 2 is 2.00 bits per heavy atom. The molecule has 2 aromatic rings. The highest BCUT2D eigenvalue weighted by molar-refractivity contribution is 9.11. The monoisotopic (exact) mass is 482 g/mol. The maximum atomic E-state index is 11.8. The highest BCUT2D eigenvalue weighted by atomic mass is 79.9. The van der Waals surface area contributed by atoms with Crippen LogP contribution in [0.1, 0.15) is 37.3 Å². The minimum atomic E-state index is -0.388. The van der Waals surface area contributed by atoms with Crippen LogP contribution in [-0.2, 0) is 4.79 Å². The van der Waals surface area contributed by atoms with E-state index in [9.17, 15) is 9.90 Å². The first-order valence-corrected chi connectivity index (χ1v) is 9.72. The van der Waals surface area contributed by atoms with Crippen molar-refractivity contribution < 1.29 is 14.6 Å². The Bertz CT molecular complexity index is 792. The molecule has 1 amide bonds. The molecule has 0 fully saturated rings. The van der Waals surface area contributed by atoms with Gasteiger partial charge in [0, 0.05) is 10.0 Å². The van der Waals surface area contributed by atoms with Crippen LogP contribution in [0.3, 0.4) is 0 Å². The molecule has 2 N–H and O–H groups in total. The number of benzene rings is 2. The molecule has 26 heavy (non-hydrogen) atoms. The van der Waals surface area contributed by atoms with E-state index in [1.807, 2.05) is 24.3 Å². The standard InChI is InChI=1S/C19H20Br2N2O3/c1-3-12(2)13-4-6-16(7-5-13)26-11-18(24)23-22-10-14-8-15(20)9-17(21)19(14)25/h4-10,12,25H,3,11H2,1-2H3,(H,23,24)/b22-10+/t12-/m1/s1. The molecule has 5 nitrogen and oxygen atoms in total. The van der Waals surface area contributed by atoms with Crippen molar-refractivity contribution in [1.82, 2.24) is 5.43 Å². The predicted molar refractivity (Wildman–Crippen MR) is 110 cm³/mol. The highest BCUT2D eigenvalue weighted by Crippen LogP contribution is 2.30. The minimum Gasteiger partial charge on any atom is -0.506 e. The summed E-state index contributed by atoms with van der Waals surface area (Å²) in [6.45, 7) is 4.17. The molecule has 0 aliphatic heterocycles. The molecule has 0 aliphatic carbocycles. The average Bonchev–Trinajstić information content (AvgIpc) is 2.63. The van der Waals surface area contributed by atoms with Crippen LogP contribution >= 0.6 is 31.9 Å². The number of phenols is 1. The van der Waals surface area contributed by atoms with Crippen LogP contribution in [0.15, 0.2) is 50.4 Å². The summed E-state index contributed by atoms with van der Waals surface area (Å²) in [4.78, 5) is 11.8. The largest absolute Gasteiger partial charge is 0.506 e. The van der Waals surface area contributed by atoms with Crippen LogP contribution in [-0.4, -0.2) is 23.8 Å². The lowest BCUT2D eigenvalue weighted by atomic mass is 9.99. The average molecular weight is 484 g/mol. The first-order valence-electron chi connectivity index (χ1n) is 8.13. The van der Waals surface area contributed by atoms with Gasteiger partial charge in [-0.05, 0) is 58.1 Å². The van der Waals surface area contributed by atoms with Crippen molar-refractivity contribution in [2.24, 2.45) is 5.10 Å². The van der Waals surface area contributed by atoms with E-state index in [1.165, 1.54) is 11.8 Å². The third-order valence-electron chi connectivity index (χ3n) is 3.88. The number of carbonyl (C=O) groups is 1. The lowest BCUT2D eigenvalue weighted by Crippen LogP contribution is -2.24. The molecule has 1 atom stereocenters. The van der Waals surface area contributed by atoms with Gasteiger partial charge in [0.1, 0.15) is 11.5 Å². The van der Waals surface area contributed by atoms with E-state index in [2.05, 4.69) is 56.2 Å². The summed E-state index contributed by atoms with van der Waals surface area (Å²) in [5, 5.41) is 13.8. The Hall–Kier alpha value is -1.86. The molecular formula is C19H20Br2N2O3. The molecule has 0 saturated heterocycles. The van der Waals surface area contributed by atoms with E-state index in [1.54, 1.807) is 12.1 Å². The smallest absolute Gasteiger partial charge is 0.277 e. The molecule has 2 rings (SSSR count). The van der Waals surface area contributed by atoms with E-state index in [0.717, 1.165) is 10.9 Å². The fourth-order valence-electron chi connectivity index (χ4n) is 2.17. The molecule has 7 heteroatoms. The van der Waals surface area contributed by atoms with Crippen LogP contribution in [0.25, 0.3) is 0 Å². The van der Waals surface area contributed by atoms with Crippen molar-refractivity contribution in [2.75, 3.05) is 6.61 Å². The molecule has 138 valence electrons. The van der Waals surface area contributed by atoms with E-state index in [4.69, 9.17) is 4.74 Å². The maximum Gasteiger partial charge on any atom is 0.277 e. The molecule has 0 unspecified atom stereocenters. The molecule has 0 heterocycles. The van der Waals surface area contributed by atoms with Crippen LogP contribution in [0.2, 0.25) is 0 Å². The molecule has 0 aliphatic rings. The molecule has 0 aromatic heterocycles. The van der Waals surface area contributed by atoms with Crippen molar-refractivity contribution in [1.29, 1.82) is 0 Å². The van der Waals surface area contributed by atoms with Crippen LogP contribution in [0, 0.1) is 0 Å². The van der Waals surface area contributed by atoms with Gasteiger partial charge in [0.25, 0.3) is 5.91 Å². The topological polar surface area (TPSA) is 70.9 Å². The summed E-state index contributed by atoms with van der Waals surface area (Å²) < 4.78 is 6.76. The third kappa shape index (κ3) is 5.85. The van der Waals surface area contributed by atoms with Gasteiger partial charge in [-0.2, -0.15) is 5.10 Å². The van der Waals surface area contributed by atoms with Gasteiger partial charge in [0.05, 0.1) is 10.7 Å². The molecule has 0 radical (unpaired) electrons. The maximum absolute atomic E-state index is 11.8. The summed E-state index contributed by atoms with van der Waals surface area (Å²) in [5.41, 5.74) is 4.08. The fourth-order valence-corrected chi connectivity index (χ4v) is 3.43. The van der Waals surface area contributed by atoms with E-state index < -0.39 is 0 Å². The van der Waals surface area contributed by atoms with Gasteiger partial charge in [-0.15, -0.1) is 0 Å². The molecule has 0 spiro atoms. The summed E-state index contributed by atoms with van der Waals surface area (Å²) in [7, 11) is 0. The number of carbonyl (C=O) groups excluding carboxylic acids is 1. The number of ether oxygens (including phenoxy) is 1. The number of hydrogen-bond donors (Lipinski definition) is 2. The second-order valence-electron chi connectivity index (χ2n) is 5.79. The Labute approximate surface area is 169 Å². The number of aromatic hydroxyl groups is 1. The first kappa shape index (κ1) is 20.5. The number of amides is 1. The number of nitrogens with zero attached hydrogens (tertiary/aromatic N) is 1. The number of phenolic OH excluding ortho intramolecular Hbond substituents is 1. The summed E-state index contributed by atoms with van der Waals surface area (Å²) in [6.07, 6.45) is 2.44. The molecule has 0 saturated carbocycles. The van der Waals surface area contributed by atoms with Gasteiger partial charge in [-0.25, -0.2) is 5.43 Å². The van der Waals surface area contributed by atoms with Gasteiger partial charge >= 0.3 is 0 Å². The van der Waals surface area contributed by atoms with E-state index in [0.29, 0.717) is 21.7 Å². The van der Waals surface area contributed by atoms with E-state index in [-0.39, 0.29) is 18.3 Å². The Kier molecular flexibility index (Phi) is 7.66. The molecular weight excluding hydrogens is 464 g/mol. The quantitative estimate of drug-likeness (QED) is 0.431. The molecule has 0 bridgehead atoms. The molecule has 2 aromatic carbocycles. The zero-order valence-corrected chi connectivity index (χ0v) is 17.7.